The van der Waals surface area contributed by atoms with Crippen molar-refractivity contribution in [2.75, 3.05) is 0 Å². The van der Waals surface area contributed by atoms with Crippen LogP contribution in [0.3, 0.4) is 0 Å². The van der Waals surface area contributed by atoms with Gasteiger partial charge in [0.25, 0.3) is 0 Å². The highest BCUT2D eigenvalue weighted by atomic mass is 16.4. The fraction of sp³-hybridized carbons (Fsp3) is 0. The van der Waals surface area contributed by atoms with Crippen LogP contribution in [-0.2, 0) is 4.79 Å². The number of hydrogen-bond acceptors (Lipinski definition) is 2. The normalized spacial score (nSPS) is 10.6. The lowest BCUT2D eigenvalue weighted by Crippen LogP contribution is -1.97. The third-order valence-corrected chi connectivity index (χ3v) is 1.59. The average Bonchev–Trinajstić information content (AvgIpc) is 2.16. The molecule has 0 amide bonds. The lowest BCUT2D eigenvalue weighted by atomic mass is 10.1. The second kappa shape index (κ2) is 4.15. The monoisotopic (exact) mass is 188 g/mol. The molecule has 1 rings (SSSR count). The summed E-state index contributed by atoms with van der Waals surface area (Å²) in [5.41, 5.74) is 0.522. The minimum Gasteiger partial charge on any atom is -0.508 e. The van der Waals surface area contributed by atoms with Gasteiger partial charge in [0.2, 0.25) is 0 Å². The Balaban J connectivity index is 3.03. The highest BCUT2D eigenvalue weighted by Crippen LogP contribution is 2.12. The number of hydrogen-bond donors (Lipinski definition) is 2. The van der Waals surface area contributed by atoms with Gasteiger partial charge < -0.3 is 10.2 Å². The van der Waals surface area contributed by atoms with Crippen LogP contribution in [0.4, 0.5) is 0 Å². The van der Waals surface area contributed by atoms with Crippen molar-refractivity contribution < 1.29 is 15.0 Å². The summed E-state index contributed by atoms with van der Waals surface area (Å²) in [5, 5.41) is 17.6. The topological polar surface area (TPSA) is 57.5 Å². The number of terminal acetylenes is 1. The average molecular weight is 188 g/mol. The molecule has 14 heavy (non-hydrogen) atoms. The van der Waals surface area contributed by atoms with E-state index in [4.69, 9.17) is 16.6 Å². The Morgan fingerprint density at radius 2 is 1.93 bits per heavy atom. The molecule has 0 aliphatic heterocycles. The first-order chi connectivity index (χ1) is 6.63. The fourth-order valence-electron chi connectivity index (χ4n) is 0.902. The maximum atomic E-state index is 10.5. The van der Waals surface area contributed by atoms with Crippen LogP contribution >= 0.6 is 0 Å². The van der Waals surface area contributed by atoms with Crippen molar-refractivity contribution >= 4 is 12.0 Å². The molecule has 0 radical (unpaired) electrons. The molecule has 0 saturated heterocycles. The Kier molecular flexibility index (Phi) is 2.93. The van der Waals surface area contributed by atoms with E-state index in [1.807, 2.05) is 0 Å². The van der Waals surface area contributed by atoms with Gasteiger partial charge in [0.1, 0.15) is 11.3 Å². The number of carbonyl (C=O) groups is 1. The summed E-state index contributed by atoms with van der Waals surface area (Å²) in [7, 11) is 0. The first-order valence-electron chi connectivity index (χ1n) is 3.84. The van der Waals surface area contributed by atoms with Gasteiger partial charge in [-0.2, -0.15) is 0 Å². The van der Waals surface area contributed by atoms with Crippen molar-refractivity contribution in [3.63, 3.8) is 0 Å². The predicted octanol–water partition coefficient (Wildman–Crippen LogP) is 1.49. The number of carboxylic acid groups (broad SMARTS) is 1. The molecule has 3 heteroatoms. The minimum absolute atomic E-state index is 0.115. The molecular formula is C11H8O3. The molecule has 0 saturated carbocycles. The SMILES string of the molecule is C#C/C(=C\c1ccc(O)cc1)C(=O)O. The van der Waals surface area contributed by atoms with Crippen LogP contribution in [0.1, 0.15) is 5.56 Å². The molecule has 0 unspecified atom stereocenters. The van der Waals surface area contributed by atoms with Crippen molar-refractivity contribution in [2.24, 2.45) is 0 Å². The number of carboxylic acids is 1. The first-order valence-corrected chi connectivity index (χ1v) is 3.84. The second-order valence-corrected chi connectivity index (χ2v) is 2.60. The number of aliphatic carboxylic acids is 1. The Bertz CT molecular complexity index is 407. The summed E-state index contributed by atoms with van der Waals surface area (Å²) in [6, 6.07) is 6.08. The van der Waals surface area contributed by atoms with E-state index >= 15 is 0 Å². The van der Waals surface area contributed by atoms with Gasteiger partial charge in [0.15, 0.2) is 0 Å². The van der Waals surface area contributed by atoms with Crippen molar-refractivity contribution in [1.29, 1.82) is 0 Å². The van der Waals surface area contributed by atoms with Crippen LogP contribution in [0.25, 0.3) is 6.08 Å². The predicted molar refractivity (Wildman–Crippen MR) is 52.6 cm³/mol. The van der Waals surface area contributed by atoms with Crippen LogP contribution in [-0.4, -0.2) is 16.2 Å². The van der Waals surface area contributed by atoms with Gasteiger partial charge in [0, 0.05) is 0 Å². The number of aromatic hydroxyl groups is 1. The van der Waals surface area contributed by atoms with Gasteiger partial charge in [0.05, 0.1) is 0 Å². The Labute approximate surface area is 81.3 Å². The van der Waals surface area contributed by atoms with E-state index in [0.717, 1.165) is 0 Å². The molecule has 1 aromatic rings. The molecule has 0 aliphatic rings. The molecule has 0 spiro atoms. The molecule has 0 aromatic heterocycles. The smallest absolute Gasteiger partial charge is 0.344 e. The zero-order valence-corrected chi connectivity index (χ0v) is 7.27. The summed E-state index contributed by atoms with van der Waals surface area (Å²) in [5.74, 6) is 1.05. The van der Waals surface area contributed by atoms with Crippen molar-refractivity contribution in [1.82, 2.24) is 0 Å². The van der Waals surface area contributed by atoms with Crippen LogP contribution in [0.5, 0.6) is 5.75 Å². The van der Waals surface area contributed by atoms with E-state index in [2.05, 4.69) is 5.92 Å². The molecule has 0 atom stereocenters. The lowest BCUT2D eigenvalue weighted by Gasteiger charge is -1.95. The quantitative estimate of drug-likeness (QED) is 0.546. The van der Waals surface area contributed by atoms with Gasteiger partial charge in [-0.15, -0.1) is 6.42 Å². The molecule has 2 N–H and O–H groups in total. The maximum absolute atomic E-state index is 10.5. The molecule has 0 heterocycles. The second-order valence-electron chi connectivity index (χ2n) is 2.60. The van der Waals surface area contributed by atoms with E-state index in [1.54, 1.807) is 12.1 Å². The van der Waals surface area contributed by atoms with E-state index in [0.29, 0.717) is 5.56 Å². The van der Waals surface area contributed by atoms with Crippen molar-refractivity contribution in [3.05, 3.63) is 35.4 Å². The van der Waals surface area contributed by atoms with E-state index < -0.39 is 5.97 Å². The zero-order valence-electron chi connectivity index (χ0n) is 7.27. The fourth-order valence-corrected chi connectivity index (χ4v) is 0.902. The van der Waals surface area contributed by atoms with Crippen molar-refractivity contribution in [3.8, 4) is 18.1 Å². The number of rotatable bonds is 2. The third kappa shape index (κ3) is 2.39. The molecule has 0 bridgehead atoms. The van der Waals surface area contributed by atoms with E-state index in [9.17, 15) is 4.79 Å². The van der Waals surface area contributed by atoms with Crippen LogP contribution in [0.15, 0.2) is 29.8 Å². The number of benzene rings is 1. The van der Waals surface area contributed by atoms with Crippen LogP contribution in [0, 0.1) is 12.3 Å². The number of phenolic OH excluding ortho intramolecular Hbond substituents is 1. The Morgan fingerprint density at radius 1 is 1.36 bits per heavy atom. The Hall–Kier alpha value is -2.21. The third-order valence-electron chi connectivity index (χ3n) is 1.59. The van der Waals surface area contributed by atoms with E-state index in [1.165, 1.54) is 18.2 Å². The highest BCUT2D eigenvalue weighted by Gasteiger charge is 2.02. The minimum atomic E-state index is -1.14. The zero-order chi connectivity index (χ0) is 10.6. The highest BCUT2D eigenvalue weighted by molar-refractivity contribution is 5.96. The lowest BCUT2D eigenvalue weighted by molar-refractivity contribution is -0.132. The first kappa shape index (κ1) is 9.87. The summed E-state index contributed by atoms with van der Waals surface area (Å²) in [4.78, 5) is 10.5. The molecule has 0 fully saturated rings. The summed E-state index contributed by atoms with van der Waals surface area (Å²) in [6.45, 7) is 0. The Morgan fingerprint density at radius 3 is 2.36 bits per heavy atom. The summed E-state index contributed by atoms with van der Waals surface area (Å²) >= 11 is 0. The molecular weight excluding hydrogens is 180 g/mol. The van der Waals surface area contributed by atoms with Crippen LogP contribution < -0.4 is 0 Å². The van der Waals surface area contributed by atoms with Crippen LogP contribution in [0.2, 0.25) is 0 Å². The molecule has 3 nitrogen and oxygen atoms in total. The largest absolute Gasteiger partial charge is 0.508 e. The summed E-state index contributed by atoms with van der Waals surface area (Å²) in [6.07, 6.45) is 6.37. The van der Waals surface area contributed by atoms with Gasteiger partial charge in [-0.05, 0) is 23.8 Å². The standard InChI is InChI=1S/C11H8O3/c1-2-9(11(13)14)7-8-3-5-10(12)6-4-8/h1,3-7,12H,(H,13,14)/b9-7+. The summed E-state index contributed by atoms with van der Waals surface area (Å²) < 4.78 is 0. The number of phenols is 1. The maximum Gasteiger partial charge on any atom is 0.344 e. The molecule has 0 aliphatic carbocycles. The molecule has 1 aromatic carbocycles. The van der Waals surface area contributed by atoms with Gasteiger partial charge >= 0.3 is 5.97 Å². The van der Waals surface area contributed by atoms with Gasteiger partial charge in [-0.3, -0.25) is 0 Å². The van der Waals surface area contributed by atoms with Gasteiger partial charge in [-0.1, -0.05) is 18.1 Å². The van der Waals surface area contributed by atoms with Crippen molar-refractivity contribution in [2.45, 2.75) is 0 Å². The molecule has 70 valence electrons. The van der Waals surface area contributed by atoms with Gasteiger partial charge in [-0.25, -0.2) is 4.79 Å². The van der Waals surface area contributed by atoms with E-state index in [-0.39, 0.29) is 11.3 Å².